The monoisotopic (exact) mass is 283 g/mol. The van der Waals surface area contributed by atoms with Crippen LogP contribution in [0.15, 0.2) is 22.7 Å². The molecule has 0 saturated carbocycles. The molecule has 1 aromatic carbocycles. The quantitative estimate of drug-likeness (QED) is 0.826. The summed E-state index contributed by atoms with van der Waals surface area (Å²) in [5.74, 6) is 0.106. The summed E-state index contributed by atoms with van der Waals surface area (Å²) in [4.78, 5) is 11.6. The number of unbranched alkanes of at least 4 members (excludes halogenated alkanes) is 1. The Kier molecular flexibility index (Phi) is 5.53. The second-order valence-electron chi connectivity index (χ2n) is 3.95. The molecule has 0 atom stereocenters. The molecule has 3 heteroatoms. The van der Waals surface area contributed by atoms with E-state index in [1.54, 1.807) is 0 Å². The van der Waals surface area contributed by atoms with Crippen LogP contribution in [0, 0.1) is 6.92 Å². The Balaban J connectivity index is 2.52. The lowest BCUT2D eigenvalue weighted by Gasteiger charge is -2.07. The number of halogens is 1. The molecular formula is C13H18BrNO. The van der Waals surface area contributed by atoms with Crippen molar-refractivity contribution in [2.75, 3.05) is 6.54 Å². The van der Waals surface area contributed by atoms with Crippen LogP contribution in [-0.4, -0.2) is 12.5 Å². The number of hydrogen-bond donors (Lipinski definition) is 1. The van der Waals surface area contributed by atoms with Crippen molar-refractivity contribution >= 4 is 21.8 Å². The fraction of sp³-hybridized carbons (Fsp3) is 0.462. The highest BCUT2D eigenvalue weighted by atomic mass is 79.9. The fourth-order valence-corrected chi connectivity index (χ4v) is 1.88. The van der Waals surface area contributed by atoms with Gasteiger partial charge in [0.1, 0.15) is 0 Å². The first-order valence-corrected chi connectivity index (χ1v) is 6.44. The van der Waals surface area contributed by atoms with Gasteiger partial charge >= 0.3 is 0 Å². The number of carbonyl (C=O) groups excluding carboxylic acids is 1. The highest BCUT2D eigenvalue weighted by molar-refractivity contribution is 9.10. The first-order chi connectivity index (χ1) is 7.63. The molecule has 0 spiro atoms. The van der Waals surface area contributed by atoms with E-state index >= 15 is 0 Å². The van der Waals surface area contributed by atoms with Crippen molar-refractivity contribution in [3.63, 3.8) is 0 Å². The molecule has 0 aliphatic rings. The van der Waals surface area contributed by atoms with E-state index in [9.17, 15) is 4.79 Å². The van der Waals surface area contributed by atoms with Crippen molar-refractivity contribution in [2.45, 2.75) is 33.1 Å². The summed E-state index contributed by atoms with van der Waals surface area (Å²) in [7, 11) is 0. The third kappa shape index (κ3) is 4.35. The number of carbonyl (C=O) groups is 1. The van der Waals surface area contributed by atoms with Gasteiger partial charge in [-0.15, -0.1) is 0 Å². The Hall–Kier alpha value is -0.830. The van der Waals surface area contributed by atoms with Gasteiger partial charge in [-0.3, -0.25) is 4.79 Å². The van der Waals surface area contributed by atoms with Gasteiger partial charge in [-0.1, -0.05) is 35.3 Å². The molecule has 1 N–H and O–H groups in total. The van der Waals surface area contributed by atoms with Crippen LogP contribution < -0.4 is 5.32 Å². The van der Waals surface area contributed by atoms with E-state index in [2.05, 4.69) is 28.2 Å². The van der Waals surface area contributed by atoms with Crippen LogP contribution in [-0.2, 0) is 11.2 Å². The molecule has 0 unspecified atom stereocenters. The van der Waals surface area contributed by atoms with E-state index in [1.807, 2.05) is 25.1 Å². The molecule has 0 bridgehead atoms. The molecule has 1 amide bonds. The minimum atomic E-state index is 0.106. The number of hydrogen-bond acceptors (Lipinski definition) is 1. The normalized spacial score (nSPS) is 10.2. The zero-order chi connectivity index (χ0) is 12.0. The molecule has 0 aliphatic carbocycles. The van der Waals surface area contributed by atoms with Gasteiger partial charge in [0.15, 0.2) is 0 Å². The van der Waals surface area contributed by atoms with Gasteiger partial charge < -0.3 is 5.32 Å². The standard InChI is InChI=1S/C13H18BrNO/c1-3-4-7-15-13(16)9-11-8-12(14)6-5-10(11)2/h5-6,8H,3-4,7,9H2,1-2H3,(H,15,16). The van der Waals surface area contributed by atoms with Crippen LogP contribution in [0.3, 0.4) is 0 Å². The van der Waals surface area contributed by atoms with Crippen molar-refractivity contribution in [3.05, 3.63) is 33.8 Å². The van der Waals surface area contributed by atoms with Gasteiger partial charge in [-0.25, -0.2) is 0 Å². The lowest BCUT2D eigenvalue weighted by Crippen LogP contribution is -2.26. The molecule has 0 saturated heterocycles. The van der Waals surface area contributed by atoms with E-state index in [-0.39, 0.29) is 5.91 Å². The predicted octanol–water partition coefficient (Wildman–Crippen LogP) is 3.22. The van der Waals surface area contributed by atoms with Gasteiger partial charge in [0, 0.05) is 11.0 Å². The summed E-state index contributed by atoms with van der Waals surface area (Å²) in [6.45, 7) is 4.92. The summed E-state index contributed by atoms with van der Waals surface area (Å²) in [5.41, 5.74) is 2.25. The Labute approximate surface area is 106 Å². The Morgan fingerprint density at radius 1 is 1.44 bits per heavy atom. The maximum absolute atomic E-state index is 11.6. The molecule has 0 heterocycles. The van der Waals surface area contributed by atoms with Gasteiger partial charge in [-0.05, 0) is 36.6 Å². The topological polar surface area (TPSA) is 29.1 Å². The average molecular weight is 284 g/mol. The van der Waals surface area contributed by atoms with Crippen LogP contribution in [0.1, 0.15) is 30.9 Å². The van der Waals surface area contributed by atoms with Crippen LogP contribution in [0.25, 0.3) is 0 Å². The largest absolute Gasteiger partial charge is 0.356 e. The van der Waals surface area contributed by atoms with Crippen LogP contribution in [0.5, 0.6) is 0 Å². The number of aryl methyl sites for hydroxylation is 1. The summed E-state index contributed by atoms with van der Waals surface area (Å²) in [6, 6.07) is 6.03. The highest BCUT2D eigenvalue weighted by Gasteiger charge is 2.05. The molecule has 1 aromatic rings. The van der Waals surface area contributed by atoms with Gasteiger partial charge in [-0.2, -0.15) is 0 Å². The minimum Gasteiger partial charge on any atom is -0.356 e. The smallest absolute Gasteiger partial charge is 0.224 e. The Morgan fingerprint density at radius 2 is 2.19 bits per heavy atom. The molecule has 2 nitrogen and oxygen atoms in total. The average Bonchev–Trinajstić information content (AvgIpc) is 2.24. The lowest BCUT2D eigenvalue weighted by atomic mass is 10.1. The van der Waals surface area contributed by atoms with E-state index in [0.717, 1.165) is 35.0 Å². The first-order valence-electron chi connectivity index (χ1n) is 5.65. The molecular weight excluding hydrogens is 266 g/mol. The highest BCUT2D eigenvalue weighted by Crippen LogP contribution is 2.16. The maximum atomic E-state index is 11.6. The van der Waals surface area contributed by atoms with Crippen molar-refractivity contribution in [1.29, 1.82) is 0 Å². The number of benzene rings is 1. The van der Waals surface area contributed by atoms with Gasteiger partial charge in [0.05, 0.1) is 6.42 Å². The SMILES string of the molecule is CCCCNC(=O)Cc1cc(Br)ccc1C. The van der Waals surface area contributed by atoms with Crippen LogP contribution in [0.4, 0.5) is 0 Å². The van der Waals surface area contributed by atoms with Crippen LogP contribution in [0.2, 0.25) is 0 Å². The molecule has 0 radical (unpaired) electrons. The van der Waals surface area contributed by atoms with Gasteiger partial charge in [0.25, 0.3) is 0 Å². The number of amides is 1. The molecule has 0 aromatic heterocycles. The fourth-order valence-electron chi connectivity index (χ4n) is 1.47. The summed E-state index contributed by atoms with van der Waals surface area (Å²) in [6.07, 6.45) is 2.62. The van der Waals surface area contributed by atoms with E-state index in [0.29, 0.717) is 6.42 Å². The van der Waals surface area contributed by atoms with Crippen molar-refractivity contribution in [3.8, 4) is 0 Å². The molecule has 88 valence electrons. The lowest BCUT2D eigenvalue weighted by molar-refractivity contribution is -0.120. The summed E-state index contributed by atoms with van der Waals surface area (Å²) >= 11 is 3.42. The third-order valence-electron chi connectivity index (χ3n) is 2.51. The van der Waals surface area contributed by atoms with E-state index in [4.69, 9.17) is 0 Å². The Morgan fingerprint density at radius 3 is 2.88 bits per heavy atom. The zero-order valence-electron chi connectivity index (χ0n) is 9.85. The number of rotatable bonds is 5. The molecule has 16 heavy (non-hydrogen) atoms. The second kappa shape index (κ2) is 6.69. The first kappa shape index (κ1) is 13.2. The summed E-state index contributed by atoms with van der Waals surface area (Å²) in [5, 5.41) is 2.92. The summed E-state index contributed by atoms with van der Waals surface area (Å²) < 4.78 is 1.02. The third-order valence-corrected chi connectivity index (χ3v) is 3.01. The molecule has 0 fully saturated rings. The molecule has 0 aliphatic heterocycles. The van der Waals surface area contributed by atoms with Gasteiger partial charge in [0.2, 0.25) is 5.91 Å². The van der Waals surface area contributed by atoms with Crippen LogP contribution >= 0.6 is 15.9 Å². The van der Waals surface area contributed by atoms with Crippen molar-refractivity contribution in [2.24, 2.45) is 0 Å². The van der Waals surface area contributed by atoms with Crippen molar-refractivity contribution in [1.82, 2.24) is 5.32 Å². The number of nitrogens with one attached hydrogen (secondary N) is 1. The zero-order valence-corrected chi connectivity index (χ0v) is 11.4. The van der Waals surface area contributed by atoms with Crippen molar-refractivity contribution < 1.29 is 4.79 Å². The van der Waals surface area contributed by atoms with E-state index < -0.39 is 0 Å². The van der Waals surface area contributed by atoms with E-state index in [1.165, 1.54) is 0 Å². The Bertz CT molecular complexity index is 363. The second-order valence-corrected chi connectivity index (χ2v) is 4.87. The molecule has 1 rings (SSSR count). The predicted molar refractivity (Wildman–Crippen MR) is 70.5 cm³/mol. The maximum Gasteiger partial charge on any atom is 0.224 e. The minimum absolute atomic E-state index is 0.106.